The van der Waals surface area contributed by atoms with E-state index >= 15 is 0 Å². The first-order chi connectivity index (χ1) is 9.31. The summed E-state index contributed by atoms with van der Waals surface area (Å²) in [7, 11) is 0. The molecule has 0 aromatic heterocycles. The zero-order valence-electron chi connectivity index (χ0n) is 11.0. The number of urea groups is 1. The van der Waals surface area contributed by atoms with Gasteiger partial charge < -0.3 is 15.2 Å². The standard InChI is InChI=1S/C11H18F2N2O5/c1-7(5-10(17)18)4-9(16)15-11(19)14-2-3-20-6-8(12)13/h7-8H,2-6H2,1H3,(H,17,18)(H2,14,15,16,19). The molecule has 7 nitrogen and oxygen atoms in total. The first-order valence-electron chi connectivity index (χ1n) is 5.96. The number of carbonyl (C=O) groups is 3. The van der Waals surface area contributed by atoms with Gasteiger partial charge in [-0.25, -0.2) is 13.6 Å². The summed E-state index contributed by atoms with van der Waals surface area (Å²) in [6, 6.07) is -0.779. The Hall–Kier alpha value is -1.77. The maximum absolute atomic E-state index is 11.7. The van der Waals surface area contributed by atoms with E-state index in [2.05, 4.69) is 10.1 Å². The van der Waals surface area contributed by atoms with Crippen molar-refractivity contribution in [2.45, 2.75) is 26.2 Å². The molecule has 116 valence electrons. The molecule has 0 saturated heterocycles. The first-order valence-corrected chi connectivity index (χ1v) is 5.96. The van der Waals surface area contributed by atoms with Crippen molar-refractivity contribution in [3.05, 3.63) is 0 Å². The number of rotatable bonds is 9. The highest BCUT2D eigenvalue weighted by atomic mass is 19.3. The second kappa shape index (κ2) is 10.1. The zero-order valence-corrected chi connectivity index (χ0v) is 11.0. The highest BCUT2D eigenvalue weighted by Crippen LogP contribution is 2.06. The fraction of sp³-hybridized carbons (Fsp3) is 0.727. The van der Waals surface area contributed by atoms with Gasteiger partial charge in [-0.3, -0.25) is 14.9 Å². The van der Waals surface area contributed by atoms with Gasteiger partial charge in [-0.05, 0) is 5.92 Å². The van der Waals surface area contributed by atoms with E-state index in [1.165, 1.54) is 0 Å². The minimum atomic E-state index is -2.57. The molecule has 1 atom stereocenters. The lowest BCUT2D eigenvalue weighted by Gasteiger charge is -2.09. The van der Waals surface area contributed by atoms with Gasteiger partial charge in [-0.15, -0.1) is 0 Å². The minimum absolute atomic E-state index is 0.0173. The molecule has 9 heteroatoms. The molecule has 0 saturated carbocycles. The van der Waals surface area contributed by atoms with Gasteiger partial charge in [0.05, 0.1) is 6.61 Å². The van der Waals surface area contributed by atoms with Crippen LogP contribution in [-0.4, -0.2) is 49.2 Å². The average molecular weight is 296 g/mol. The van der Waals surface area contributed by atoms with Crippen molar-refractivity contribution >= 4 is 17.9 Å². The van der Waals surface area contributed by atoms with E-state index in [0.717, 1.165) is 0 Å². The number of carboxylic acids is 1. The number of imide groups is 1. The fourth-order valence-corrected chi connectivity index (χ4v) is 1.32. The SMILES string of the molecule is CC(CC(=O)O)CC(=O)NC(=O)NCCOCC(F)F. The number of halogens is 2. The van der Waals surface area contributed by atoms with Crippen LogP contribution in [0.2, 0.25) is 0 Å². The van der Waals surface area contributed by atoms with Gasteiger partial charge in [-0.1, -0.05) is 6.92 Å². The molecule has 0 aromatic carbocycles. The largest absolute Gasteiger partial charge is 0.481 e. The van der Waals surface area contributed by atoms with Gasteiger partial charge in [0.2, 0.25) is 5.91 Å². The van der Waals surface area contributed by atoms with Gasteiger partial charge in [0, 0.05) is 19.4 Å². The van der Waals surface area contributed by atoms with Crippen LogP contribution in [0.3, 0.4) is 0 Å². The molecule has 0 aliphatic heterocycles. The van der Waals surface area contributed by atoms with Crippen molar-refractivity contribution in [3.8, 4) is 0 Å². The molecule has 0 heterocycles. The van der Waals surface area contributed by atoms with E-state index in [4.69, 9.17) is 5.11 Å². The van der Waals surface area contributed by atoms with Crippen LogP contribution < -0.4 is 10.6 Å². The van der Waals surface area contributed by atoms with Crippen LogP contribution in [0, 0.1) is 5.92 Å². The van der Waals surface area contributed by atoms with Gasteiger partial charge in [0.25, 0.3) is 6.43 Å². The van der Waals surface area contributed by atoms with Crippen LogP contribution in [-0.2, 0) is 14.3 Å². The van der Waals surface area contributed by atoms with E-state index < -0.39 is 36.9 Å². The number of hydrogen-bond donors (Lipinski definition) is 3. The van der Waals surface area contributed by atoms with Crippen LogP contribution in [0.5, 0.6) is 0 Å². The molecular formula is C11H18F2N2O5. The summed E-state index contributed by atoms with van der Waals surface area (Å²) in [4.78, 5) is 32.9. The summed E-state index contributed by atoms with van der Waals surface area (Å²) in [5, 5.41) is 12.7. The second-order valence-electron chi connectivity index (χ2n) is 4.18. The molecule has 1 unspecified atom stereocenters. The second-order valence-corrected chi connectivity index (χ2v) is 4.18. The van der Waals surface area contributed by atoms with E-state index in [0.29, 0.717) is 0 Å². The Morgan fingerprint density at radius 2 is 1.90 bits per heavy atom. The molecule has 0 aromatic rings. The number of hydrogen-bond acceptors (Lipinski definition) is 4. The van der Waals surface area contributed by atoms with Crippen LogP contribution in [0.4, 0.5) is 13.6 Å². The smallest absolute Gasteiger partial charge is 0.321 e. The molecule has 0 aliphatic rings. The minimum Gasteiger partial charge on any atom is -0.481 e. The fourth-order valence-electron chi connectivity index (χ4n) is 1.32. The summed E-state index contributed by atoms with van der Waals surface area (Å²) in [6.45, 7) is 0.747. The van der Waals surface area contributed by atoms with E-state index in [-0.39, 0.29) is 26.0 Å². The Morgan fingerprint density at radius 1 is 1.25 bits per heavy atom. The number of carboxylic acid groups (broad SMARTS) is 1. The van der Waals surface area contributed by atoms with E-state index in [1.54, 1.807) is 6.92 Å². The number of aliphatic carboxylic acids is 1. The number of nitrogens with one attached hydrogen (secondary N) is 2. The molecule has 0 aliphatic carbocycles. The third-order valence-corrected chi connectivity index (χ3v) is 2.09. The van der Waals surface area contributed by atoms with Crippen LogP contribution in [0.1, 0.15) is 19.8 Å². The van der Waals surface area contributed by atoms with Crippen molar-refractivity contribution in [3.63, 3.8) is 0 Å². The number of alkyl halides is 2. The molecule has 0 rings (SSSR count). The van der Waals surface area contributed by atoms with Gasteiger partial charge in [-0.2, -0.15) is 0 Å². The summed E-state index contributed by atoms with van der Waals surface area (Å²) in [5.41, 5.74) is 0. The zero-order chi connectivity index (χ0) is 15.5. The van der Waals surface area contributed by atoms with Crippen LogP contribution >= 0.6 is 0 Å². The van der Waals surface area contributed by atoms with Crippen molar-refractivity contribution in [2.24, 2.45) is 5.92 Å². The Kier molecular flexibility index (Phi) is 9.18. The number of amides is 3. The van der Waals surface area contributed by atoms with Crippen molar-refractivity contribution in [2.75, 3.05) is 19.8 Å². The first kappa shape index (κ1) is 18.2. The molecular weight excluding hydrogens is 278 g/mol. The highest BCUT2D eigenvalue weighted by Gasteiger charge is 2.14. The lowest BCUT2D eigenvalue weighted by molar-refractivity contribution is -0.138. The predicted molar refractivity (Wildman–Crippen MR) is 64.4 cm³/mol. The van der Waals surface area contributed by atoms with Gasteiger partial charge >= 0.3 is 12.0 Å². The quantitative estimate of drug-likeness (QED) is 0.540. The molecule has 0 fully saturated rings. The van der Waals surface area contributed by atoms with Gasteiger partial charge in [0.1, 0.15) is 6.61 Å². The lowest BCUT2D eigenvalue weighted by Crippen LogP contribution is -2.41. The molecule has 0 spiro atoms. The molecule has 3 N–H and O–H groups in total. The molecule has 3 amide bonds. The van der Waals surface area contributed by atoms with E-state index in [9.17, 15) is 23.2 Å². The maximum atomic E-state index is 11.7. The summed E-state index contributed by atoms with van der Waals surface area (Å²) in [5.74, 6) is -2.02. The summed E-state index contributed by atoms with van der Waals surface area (Å²) < 4.78 is 27.9. The average Bonchev–Trinajstić information content (AvgIpc) is 2.25. The van der Waals surface area contributed by atoms with Crippen molar-refractivity contribution < 1.29 is 33.0 Å². The molecule has 20 heavy (non-hydrogen) atoms. The Balaban J connectivity index is 3.69. The topological polar surface area (TPSA) is 105 Å². The van der Waals surface area contributed by atoms with Crippen molar-refractivity contribution in [1.82, 2.24) is 10.6 Å². The summed E-state index contributed by atoms with van der Waals surface area (Å²) in [6.07, 6.45) is -2.83. The Bertz CT molecular complexity index is 339. The normalized spacial score (nSPS) is 12.0. The third-order valence-electron chi connectivity index (χ3n) is 2.09. The summed E-state index contributed by atoms with van der Waals surface area (Å²) >= 11 is 0. The van der Waals surface area contributed by atoms with Crippen molar-refractivity contribution in [1.29, 1.82) is 0 Å². The van der Waals surface area contributed by atoms with E-state index in [1.807, 2.05) is 5.32 Å². The molecule has 0 bridgehead atoms. The Labute approximate surface area is 114 Å². The molecule has 0 radical (unpaired) electrons. The highest BCUT2D eigenvalue weighted by molar-refractivity contribution is 5.94. The maximum Gasteiger partial charge on any atom is 0.321 e. The van der Waals surface area contributed by atoms with Crippen LogP contribution in [0.25, 0.3) is 0 Å². The predicted octanol–water partition coefficient (Wildman–Crippen LogP) is 0.595. The Morgan fingerprint density at radius 3 is 2.45 bits per heavy atom. The third kappa shape index (κ3) is 11.3. The lowest BCUT2D eigenvalue weighted by atomic mass is 10.0. The van der Waals surface area contributed by atoms with Gasteiger partial charge in [0.15, 0.2) is 0 Å². The number of carbonyl (C=O) groups excluding carboxylic acids is 2. The van der Waals surface area contributed by atoms with Crippen LogP contribution in [0.15, 0.2) is 0 Å². The monoisotopic (exact) mass is 296 g/mol. The number of ether oxygens (including phenoxy) is 1.